The van der Waals surface area contributed by atoms with E-state index in [-0.39, 0.29) is 18.4 Å². The van der Waals surface area contributed by atoms with Crippen molar-refractivity contribution < 1.29 is 9.90 Å². The summed E-state index contributed by atoms with van der Waals surface area (Å²) in [5.74, 6) is -0.926. The fourth-order valence-electron chi connectivity index (χ4n) is 2.94. The number of rotatable bonds is 5. The van der Waals surface area contributed by atoms with Crippen LogP contribution in [-0.2, 0) is 17.6 Å². The number of nitrogens with one attached hydrogen (secondary N) is 1. The van der Waals surface area contributed by atoms with E-state index in [1.807, 2.05) is 37.3 Å². The lowest BCUT2D eigenvalue weighted by atomic mass is 10.0. The van der Waals surface area contributed by atoms with Gasteiger partial charge in [0.1, 0.15) is 0 Å². The Hall–Kier alpha value is -2.89. The lowest BCUT2D eigenvalue weighted by Gasteiger charge is -2.05. The van der Waals surface area contributed by atoms with Gasteiger partial charge in [-0.25, -0.2) is 9.50 Å². The Balaban J connectivity index is 2.25. The van der Waals surface area contributed by atoms with E-state index in [0.29, 0.717) is 16.9 Å². The molecule has 6 heteroatoms. The molecular weight excluding hydrogens is 306 g/mol. The zero-order valence-corrected chi connectivity index (χ0v) is 13.7. The molecule has 0 amide bonds. The summed E-state index contributed by atoms with van der Waals surface area (Å²) in [7, 11) is 0. The van der Waals surface area contributed by atoms with E-state index in [2.05, 4.69) is 10.1 Å². The van der Waals surface area contributed by atoms with Crippen molar-refractivity contribution in [1.29, 1.82) is 0 Å². The lowest BCUT2D eigenvalue weighted by Crippen LogP contribution is -2.22. The zero-order chi connectivity index (χ0) is 17.3. The van der Waals surface area contributed by atoms with Crippen LogP contribution in [0.4, 0.5) is 0 Å². The van der Waals surface area contributed by atoms with Gasteiger partial charge in [0.25, 0.3) is 5.56 Å². The van der Waals surface area contributed by atoms with Gasteiger partial charge in [0.15, 0.2) is 5.65 Å². The Morgan fingerprint density at radius 1 is 1.29 bits per heavy atom. The molecule has 124 valence electrons. The molecule has 0 aliphatic rings. The molecule has 2 heterocycles. The smallest absolute Gasteiger partial charge is 0.303 e. The molecule has 0 aliphatic heterocycles. The normalized spacial score (nSPS) is 11.1. The van der Waals surface area contributed by atoms with E-state index in [4.69, 9.17) is 5.11 Å². The van der Waals surface area contributed by atoms with Crippen molar-refractivity contribution in [2.45, 2.75) is 33.1 Å². The van der Waals surface area contributed by atoms with Gasteiger partial charge in [-0.3, -0.25) is 14.7 Å². The number of H-pyrrole nitrogens is 1. The first-order valence-electron chi connectivity index (χ1n) is 7.93. The maximum absolute atomic E-state index is 12.8. The van der Waals surface area contributed by atoms with Crippen LogP contribution in [0.3, 0.4) is 0 Å². The molecule has 1 aromatic carbocycles. The first kappa shape index (κ1) is 16.0. The standard InChI is InChI=1S/C18H19N3O3/c1-3-14-16(12-7-5-4-6-8-12)17-19-11(2)13(9-10-15(22)23)18(24)21(17)20-14/h4-8,20H,3,9-10H2,1-2H3,(H,22,23). The summed E-state index contributed by atoms with van der Waals surface area (Å²) in [6.07, 6.45) is 0.824. The highest BCUT2D eigenvalue weighted by atomic mass is 16.4. The second-order valence-electron chi connectivity index (χ2n) is 5.72. The Morgan fingerprint density at radius 3 is 2.62 bits per heavy atom. The van der Waals surface area contributed by atoms with Crippen molar-refractivity contribution in [2.24, 2.45) is 0 Å². The fourth-order valence-corrected chi connectivity index (χ4v) is 2.94. The van der Waals surface area contributed by atoms with Gasteiger partial charge in [0.2, 0.25) is 0 Å². The quantitative estimate of drug-likeness (QED) is 0.755. The molecule has 0 saturated heterocycles. The number of aliphatic carboxylic acids is 1. The van der Waals surface area contributed by atoms with Crippen LogP contribution in [-0.4, -0.2) is 25.7 Å². The SMILES string of the molecule is CCc1[nH]n2c(=O)c(CCC(=O)O)c(C)nc2c1-c1ccccc1. The second kappa shape index (κ2) is 6.31. The van der Waals surface area contributed by atoms with Gasteiger partial charge in [0.05, 0.1) is 0 Å². The van der Waals surface area contributed by atoms with Crippen LogP contribution in [0.2, 0.25) is 0 Å². The zero-order valence-electron chi connectivity index (χ0n) is 13.7. The Kier molecular flexibility index (Phi) is 4.20. The van der Waals surface area contributed by atoms with Crippen LogP contribution in [0.5, 0.6) is 0 Å². The number of hydrogen-bond acceptors (Lipinski definition) is 3. The van der Waals surface area contributed by atoms with Gasteiger partial charge >= 0.3 is 5.97 Å². The molecule has 0 aliphatic carbocycles. The molecule has 0 bridgehead atoms. The van der Waals surface area contributed by atoms with Crippen molar-refractivity contribution in [2.75, 3.05) is 0 Å². The van der Waals surface area contributed by atoms with Crippen molar-refractivity contribution in [1.82, 2.24) is 14.6 Å². The molecule has 3 aromatic rings. The van der Waals surface area contributed by atoms with Crippen LogP contribution in [0, 0.1) is 6.92 Å². The number of carboxylic acid groups (broad SMARTS) is 1. The van der Waals surface area contributed by atoms with Gasteiger partial charge in [-0.2, -0.15) is 0 Å². The minimum atomic E-state index is -0.926. The molecule has 0 unspecified atom stereocenters. The minimum Gasteiger partial charge on any atom is -0.481 e. The minimum absolute atomic E-state index is 0.0866. The number of nitrogens with zero attached hydrogens (tertiary/aromatic N) is 2. The van der Waals surface area contributed by atoms with Gasteiger partial charge in [-0.05, 0) is 25.3 Å². The molecule has 6 nitrogen and oxygen atoms in total. The number of fused-ring (bicyclic) bond motifs is 1. The summed E-state index contributed by atoms with van der Waals surface area (Å²) >= 11 is 0. The summed E-state index contributed by atoms with van der Waals surface area (Å²) in [6, 6.07) is 9.82. The molecule has 0 fully saturated rings. The molecule has 0 atom stereocenters. The molecule has 2 N–H and O–H groups in total. The first-order chi connectivity index (χ1) is 11.5. The number of aromatic amines is 1. The van der Waals surface area contributed by atoms with Gasteiger partial charge in [-0.1, -0.05) is 37.3 Å². The predicted molar refractivity (Wildman–Crippen MR) is 91.3 cm³/mol. The van der Waals surface area contributed by atoms with Gasteiger partial charge in [-0.15, -0.1) is 0 Å². The number of aryl methyl sites for hydroxylation is 2. The van der Waals surface area contributed by atoms with Crippen LogP contribution in [0.1, 0.15) is 30.3 Å². The van der Waals surface area contributed by atoms with E-state index in [0.717, 1.165) is 23.2 Å². The highest BCUT2D eigenvalue weighted by Gasteiger charge is 2.18. The van der Waals surface area contributed by atoms with Crippen molar-refractivity contribution in [3.05, 3.63) is 57.6 Å². The summed E-state index contributed by atoms with van der Waals surface area (Å²) in [4.78, 5) is 28.2. The Bertz CT molecular complexity index is 955. The second-order valence-corrected chi connectivity index (χ2v) is 5.72. The summed E-state index contributed by atoms with van der Waals surface area (Å²) in [6.45, 7) is 3.77. The molecule has 0 radical (unpaired) electrons. The summed E-state index contributed by atoms with van der Waals surface area (Å²) in [5.41, 5.74) is 4.23. The van der Waals surface area contributed by atoms with Crippen LogP contribution in [0.25, 0.3) is 16.8 Å². The number of aromatic nitrogens is 3. The Morgan fingerprint density at radius 2 is 2.00 bits per heavy atom. The lowest BCUT2D eigenvalue weighted by molar-refractivity contribution is -0.136. The number of benzene rings is 1. The highest BCUT2D eigenvalue weighted by molar-refractivity contribution is 5.80. The molecule has 2 aromatic heterocycles. The average Bonchev–Trinajstić information content (AvgIpc) is 2.93. The van der Waals surface area contributed by atoms with Gasteiger partial charge < -0.3 is 5.11 Å². The van der Waals surface area contributed by atoms with Crippen LogP contribution < -0.4 is 5.56 Å². The molecule has 0 spiro atoms. The predicted octanol–water partition coefficient (Wildman–Crippen LogP) is 2.58. The van der Waals surface area contributed by atoms with E-state index in [1.165, 1.54) is 4.52 Å². The number of hydrogen-bond donors (Lipinski definition) is 2. The van der Waals surface area contributed by atoms with E-state index < -0.39 is 5.97 Å². The fraction of sp³-hybridized carbons (Fsp3) is 0.278. The third-order valence-corrected chi connectivity index (χ3v) is 4.16. The Labute approximate surface area is 138 Å². The van der Waals surface area contributed by atoms with E-state index in [9.17, 15) is 9.59 Å². The van der Waals surface area contributed by atoms with E-state index >= 15 is 0 Å². The molecule has 24 heavy (non-hydrogen) atoms. The average molecular weight is 325 g/mol. The third-order valence-electron chi connectivity index (χ3n) is 4.16. The maximum Gasteiger partial charge on any atom is 0.303 e. The van der Waals surface area contributed by atoms with Gasteiger partial charge in [0, 0.05) is 28.9 Å². The molecule has 0 saturated carbocycles. The summed E-state index contributed by atoms with van der Waals surface area (Å²) < 4.78 is 1.44. The molecular formula is C18H19N3O3. The maximum atomic E-state index is 12.8. The topological polar surface area (TPSA) is 87.5 Å². The van der Waals surface area contributed by atoms with E-state index in [1.54, 1.807) is 6.92 Å². The first-order valence-corrected chi connectivity index (χ1v) is 7.93. The van der Waals surface area contributed by atoms with Crippen molar-refractivity contribution in [3.8, 4) is 11.1 Å². The largest absolute Gasteiger partial charge is 0.481 e. The number of carboxylic acids is 1. The highest BCUT2D eigenvalue weighted by Crippen LogP contribution is 2.27. The monoisotopic (exact) mass is 325 g/mol. The van der Waals surface area contributed by atoms with Crippen molar-refractivity contribution in [3.63, 3.8) is 0 Å². The van der Waals surface area contributed by atoms with Crippen molar-refractivity contribution >= 4 is 11.6 Å². The number of carbonyl (C=O) groups is 1. The third kappa shape index (κ3) is 2.71. The van der Waals surface area contributed by atoms with Crippen LogP contribution >= 0.6 is 0 Å². The van der Waals surface area contributed by atoms with Crippen LogP contribution in [0.15, 0.2) is 35.1 Å². The summed E-state index contributed by atoms with van der Waals surface area (Å²) in [5, 5.41) is 12.0. The molecule has 3 rings (SSSR count).